The van der Waals surface area contributed by atoms with Gasteiger partial charge in [-0.25, -0.2) is 24.2 Å². The highest BCUT2D eigenvalue weighted by atomic mass is 32.1. The Hall–Kier alpha value is -5.19. The summed E-state index contributed by atoms with van der Waals surface area (Å²) in [7, 11) is 1.92. The Kier molecular flexibility index (Phi) is 13.8. The van der Waals surface area contributed by atoms with Gasteiger partial charge in [0, 0.05) is 11.9 Å². The highest BCUT2D eigenvalue weighted by molar-refractivity contribution is 7.14. The lowest BCUT2D eigenvalue weighted by molar-refractivity contribution is -0.753. The summed E-state index contributed by atoms with van der Waals surface area (Å²) < 4.78 is 25.8. The van der Waals surface area contributed by atoms with Crippen LogP contribution in [0.1, 0.15) is 74.4 Å². The molecule has 0 saturated heterocycles. The van der Waals surface area contributed by atoms with Gasteiger partial charge in [0.15, 0.2) is 12.2 Å². The molecule has 0 unspecified atom stereocenters. The van der Waals surface area contributed by atoms with Gasteiger partial charge in [0.05, 0.1) is 18.3 Å². The Morgan fingerprint density at radius 3 is 2.13 bits per heavy atom. The molecule has 3 rings (SSSR count). The van der Waals surface area contributed by atoms with E-state index in [9.17, 15) is 24.3 Å². The molecule has 0 aliphatic carbocycles. The molecule has 17 heteroatoms. The monoisotopic (exact) mass is 745 g/mol. The molecule has 3 aromatic rings. The molecule has 1 atom stereocenters. The van der Waals surface area contributed by atoms with Gasteiger partial charge >= 0.3 is 24.1 Å². The Morgan fingerprint density at radius 2 is 1.54 bits per heavy atom. The number of aliphatic carboxylic acids is 1. The second-order valence-corrected chi connectivity index (χ2v) is 15.5. The topological polar surface area (TPSA) is 193 Å². The predicted octanol–water partition coefficient (Wildman–Crippen LogP) is 5.29. The van der Waals surface area contributed by atoms with Crippen LogP contribution in [0, 0.1) is 0 Å². The minimum atomic E-state index is -1.48. The first kappa shape index (κ1) is 41.2. The molecule has 0 fully saturated rings. The average molecular weight is 746 g/mol. The summed E-state index contributed by atoms with van der Waals surface area (Å²) in [5, 5.41) is 20.2. The fourth-order valence-electron chi connectivity index (χ4n) is 4.24. The highest BCUT2D eigenvalue weighted by Crippen LogP contribution is 2.23. The number of carbonyl (C=O) groups is 4. The van der Waals surface area contributed by atoms with Crippen molar-refractivity contribution in [2.75, 3.05) is 18.5 Å². The predicted molar refractivity (Wildman–Crippen MR) is 192 cm³/mol. The highest BCUT2D eigenvalue weighted by Gasteiger charge is 2.30. The van der Waals surface area contributed by atoms with Crippen molar-refractivity contribution in [3.63, 3.8) is 0 Å². The Labute approximate surface area is 307 Å². The number of nitrogens with one attached hydrogen (secondary N) is 2. The van der Waals surface area contributed by atoms with Crippen molar-refractivity contribution in [2.45, 2.75) is 98.2 Å². The number of amides is 2. The number of rotatable bonds is 14. The third kappa shape index (κ3) is 14.2. The maximum absolute atomic E-state index is 13.0. The first-order valence-electron chi connectivity index (χ1n) is 16.5. The van der Waals surface area contributed by atoms with Gasteiger partial charge in [0.2, 0.25) is 11.9 Å². The van der Waals surface area contributed by atoms with E-state index in [0.717, 1.165) is 22.5 Å². The number of aromatic nitrogens is 3. The summed E-state index contributed by atoms with van der Waals surface area (Å²) in [4.78, 5) is 58.6. The standard InChI is InChI=1S/C35H48N6O10S/c1-33(2,3)48-29(44)26(51-39-27(28(42)43)25-21-52-30(37-25)38-32(46)50-35(7,8)9)20-47-24-14-12-22(13-15-24)23-18-40(10)41(19-23)17-11-16-36-31(45)49-34(4,5)6/h12-15,18-19,21,26H,11,16-17,20H2,1-10H3,(H2-,36,37,38,42,43,45,46)/p+1/b39-27-/t26-/m0/s1. The molecule has 0 aliphatic rings. The number of carbonyl (C=O) groups excluding carboxylic acids is 3. The minimum absolute atomic E-state index is 0.0755. The lowest BCUT2D eigenvalue weighted by Gasteiger charge is -2.23. The molecule has 0 radical (unpaired) electrons. The zero-order valence-corrected chi connectivity index (χ0v) is 32.1. The maximum atomic E-state index is 13.0. The molecular formula is C35H49N6O10S+. The van der Waals surface area contributed by atoms with Gasteiger partial charge in [-0.05, 0) is 86.4 Å². The van der Waals surface area contributed by atoms with Crippen LogP contribution in [0.4, 0.5) is 14.7 Å². The molecule has 284 valence electrons. The Morgan fingerprint density at radius 1 is 0.923 bits per heavy atom. The number of thiazole rings is 1. The van der Waals surface area contributed by atoms with Crippen LogP contribution in [-0.2, 0) is 42.2 Å². The lowest BCUT2D eigenvalue weighted by Crippen LogP contribution is -2.39. The number of hydrogen-bond donors (Lipinski definition) is 3. The van der Waals surface area contributed by atoms with Gasteiger partial charge in [-0.1, -0.05) is 17.3 Å². The third-order valence-electron chi connectivity index (χ3n) is 6.34. The molecule has 2 heterocycles. The molecule has 0 saturated carbocycles. The number of anilines is 1. The number of esters is 1. The second kappa shape index (κ2) is 17.4. The SMILES string of the molecule is C[n+]1cc(-c2ccc(OC[C@H](O/N=C(\C(=O)O)c3csc(NC(=O)OC(C)(C)C)n3)C(=O)OC(C)(C)C)cc2)cn1CCCNC(=O)OC(C)(C)C. The van der Waals surface area contributed by atoms with Crippen molar-refractivity contribution in [3.8, 4) is 16.9 Å². The van der Waals surface area contributed by atoms with Crippen LogP contribution in [0.25, 0.3) is 11.1 Å². The number of nitrogens with zero attached hydrogens (tertiary/aromatic N) is 4. The smallest absolute Gasteiger partial charge is 0.413 e. The number of oxime groups is 1. The number of aryl methyl sites for hydroxylation is 2. The Bertz CT molecular complexity index is 1730. The summed E-state index contributed by atoms with van der Waals surface area (Å²) >= 11 is 0.954. The van der Waals surface area contributed by atoms with Gasteiger partial charge in [0.1, 0.15) is 34.9 Å². The Balaban J connectivity index is 1.67. The lowest BCUT2D eigenvalue weighted by atomic mass is 10.1. The fraction of sp³-hybridized carbons (Fsp3) is 0.514. The summed E-state index contributed by atoms with van der Waals surface area (Å²) in [5.41, 5.74) is -1.03. The quantitative estimate of drug-likeness (QED) is 0.0485. The van der Waals surface area contributed by atoms with Gasteiger partial charge in [0.25, 0.3) is 6.10 Å². The number of ether oxygens (including phenoxy) is 4. The van der Waals surface area contributed by atoms with Crippen molar-refractivity contribution in [3.05, 3.63) is 47.7 Å². The summed E-state index contributed by atoms with van der Waals surface area (Å²) in [5.74, 6) is -1.88. The first-order valence-corrected chi connectivity index (χ1v) is 17.4. The third-order valence-corrected chi connectivity index (χ3v) is 7.10. The molecule has 3 N–H and O–H groups in total. The van der Waals surface area contributed by atoms with Crippen LogP contribution < -0.4 is 20.1 Å². The van der Waals surface area contributed by atoms with E-state index in [1.54, 1.807) is 53.7 Å². The maximum Gasteiger partial charge on any atom is 0.413 e. The molecule has 2 aromatic heterocycles. The zero-order valence-electron chi connectivity index (χ0n) is 31.3. The van der Waals surface area contributed by atoms with Crippen molar-refractivity contribution >= 4 is 46.3 Å². The van der Waals surface area contributed by atoms with E-state index in [-0.39, 0.29) is 17.4 Å². The van der Waals surface area contributed by atoms with Crippen molar-refractivity contribution in [1.82, 2.24) is 15.0 Å². The van der Waals surface area contributed by atoms with Crippen molar-refractivity contribution in [1.29, 1.82) is 0 Å². The van der Waals surface area contributed by atoms with Gasteiger partial charge in [-0.3, -0.25) is 5.32 Å². The van der Waals surface area contributed by atoms with E-state index < -0.39 is 52.7 Å². The molecule has 52 heavy (non-hydrogen) atoms. The number of carboxylic acids is 1. The van der Waals surface area contributed by atoms with Crippen LogP contribution >= 0.6 is 11.3 Å². The van der Waals surface area contributed by atoms with E-state index >= 15 is 0 Å². The molecular weight excluding hydrogens is 696 g/mol. The number of alkyl carbamates (subject to hydrolysis) is 1. The molecule has 2 amide bonds. The minimum Gasteiger partial charge on any atom is -0.489 e. The van der Waals surface area contributed by atoms with Crippen LogP contribution in [0.2, 0.25) is 0 Å². The van der Waals surface area contributed by atoms with E-state index in [2.05, 4.69) is 20.8 Å². The summed E-state index contributed by atoms with van der Waals surface area (Å²) in [6, 6.07) is 7.16. The van der Waals surface area contributed by atoms with Crippen LogP contribution in [-0.4, -0.2) is 80.7 Å². The van der Waals surface area contributed by atoms with Gasteiger partial charge in [-0.2, -0.15) is 4.68 Å². The van der Waals surface area contributed by atoms with Gasteiger partial charge < -0.3 is 34.2 Å². The van der Waals surface area contributed by atoms with E-state index in [1.807, 2.05) is 61.7 Å². The zero-order chi connectivity index (χ0) is 38.9. The normalized spacial score (nSPS) is 12.8. The van der Waals surface area contributed by atoms with Crippen molar-refractivity contribution < 1.29 is 52.8 Å². The van der Waals surface area contributed by atoms with Crippen LogP contribution in [0.15, 0.2) is 47.2 Å². The summed E-state index contributed by atoms with van der Waals surface area (Å²) in [6.07, 6.45) is 2.01. The average Bonchev–Trinajstić information content (AvgIpc) is 3.60. The fourth-order valence-corrected chi connectivity index (χ4v) is 4.93. The first-order chi connectivity index (χ1) is 24.1. The number of hydrogen-bond acceptors (Lipinski definition) is 12. The second-order valence-electron chi connectivity index (χ2n) is 14.6. The van der Waals surface area contributed by atoms with Crippen LogP contribution in [0.5, 0.6) is 5.75 Å². The van der Waals surface area contributed by atoms with E-state index in [4.69, 9.17) is 23.8 Å². The molecule has 0 spiro atoms. The summed E-state index contributed by atoms with van der Waals surface area (Å²) in [6.45, 7) is 16.3. The van der Waals surface area contributed by atoms with Crippen molar-refractivity contribution in [2.24, 2.45) is 12.2 Å². The van der Waals surface area contributed by atoms with E-state index in [1.165, 1.54) is 5.38 Å². The largest absolute Gasteiger partial charge is 0.489 e. The molecule has 1 aromatic carbocycles. The number of carboxylic acid groups (broad SMARTS) is 1. The van der Waals surface area contributed by atoms with E-state index in [0.29, 0.717) is 25.3 Å². The van der Waals surface area contributed by atoms with Crippen LogP contribution in [0.3, 0.4) is 0 Å². The number of benzene rings is 1. The molecule has 0 aliphatic heterocycles. The molecule has 0 bridgehead atoms. The van der Waals surface area contributed by atoms with Gasteiger partial charge in [-0.15, -0.1) is 16.0 Å². The molecule has 16 nitrogen and oxygen atoms in total.